The number of benzene rings is 1. The number of hydrogen-bond donors (Lipinski definition) is 1. The van der Waals surface area contributed by atoms with Crippen molar-refractivity contribution in [2.45, 2.75) is 39.2 Å². The van der Waals surface area contributed by atoms with Crippen LogP contribution in [0.15, 0.2) is 12.1 Å². The van der Waals surface area contributed by atoms with E-state index in [0.29, 0.717) is 23.5 Å². The van der Waals surface area contributed by atoms with E-state index in [1.807, 2.05) is 0 Å². The second-order valence-electron chi connectivity index (χ2n) is 5.52. The molecule has 114 valence electrons. The number of hydrogen-bond acceptors (Lipinski definition) is 4. The Bertz CT molecular complexity index is 562. The van der Waals surface area contributed by atoms with Crippen molar-refractivity contribution in [1.82, 2.24) is 0 Å². The number of fused-ring (bicyclic) bond motifs is 1. The van der Waals surface area contributed by atoms with E-state index < -0.39 is 12.1 Å². The van der Waals surface area contributed by atoms with E-state index in [1.165, 1.54) is 0 Å². The molecule has 1 atom stereocenters. The molecule has 0 saturated heterocycles. The predicted molar refractivity (Wildman–Crippen MR) is 77.2 cm³/mol. The molecule has 1 aromatic carbocycles. The van der Waals surface area contributed by atoms with E-state index in [0.717, 1.165) is 18.4 Å². The molecule has 0 amide bonds. The molecule has 0 unspecified atom stereocenters. The first-order valence-corrected chi connectivity index (χ1v) is 7.08. The van der Waals surface area contributed by atoms with Crippen molar-refractivity contribution >= 4 is 11.8 Å². The van der Waals surface area contributed by atoms with Crippen LogP contribution >= 0.6 is 0 Å². The Kier molecular flexibility index (Phi) is 4.50. The first-order valence-electron chi connectivity index (χ1n) is 7.08. The summed E-state index contributed by atoms with van der Waals surface area (Å²) in [6.07, 6.45) is 0.992. The van der Waals surface area contributed by atoms with Crippen LogP contribution < -0.4 is 9.47 Å². The Morgan fingerprint density at radius 3 is 2.48 bits per heavy atom. The van der Waals surface area contributed by atoms with E-state index in [-0.39, 0.29) is 11.7 Å². The number of carbonyl (C=O) groups excluding carboxylic acids is 1. The highest BCUT2D eigenvalue weighted by molar-refractivity contribution is 6.01. The zero-order chi connectivity index (χ0) is 15.6. The summed E-state index contributed by atoms with van der Waals surface area (Å²) in [4.78, 5) is 23.5. The minimum atomic E-state index is -1.03. The maximum absolute atomic E-state index is 12.2. The Morgan fingerprint density at radius 2 is 1.90 bits per heavy atom. The molecule has 0 radical (unpaired) electrons. The SMILES string of the molecule is COc1ccc(O[C@@H](C(=O)O)C(C)C)c2c1CCCC2=O. The third-order valence-corrected chi connectivity index (χ3v) is 3.66. The summed E-state index contributed by atoms with van der Waals surface area (Å²) in [7, 11) is 1.56. The Labute approximate surface area is 123 Å². The van der Waals surface area contributed by atoms with Gasteiger partial charge in [0.2, 0.25) is 0 Å². The zero-order valence-corrected chi connectivity index (χ0v) is 12.5. The van der Waals surface area contributed by atoms with Gasteiger partial charge in [0.25, 0.3) is 0 Å². The van der Waals surface area contributed by atoms with Crippen LogP contribution in [0.1, 0.15) is 42.6 Å². The minimum absolute atomic E-state index is 0.0157. The molecule has 21 heavy (non-hydrogen) atoms. The summed E-state index contributed by atoms with van der Waals surface area (Å²) in [5, 5.41) is 9.24. The predicted octanol–water partition coefficient (Wildman–Crippen LogP) is 2.70. The average Bonchev–Trinajstić information content (AvgIpc) is 2.43. The van der Waals surface area contributed by atoms with Gasteiger partial charge in [-0.3, -0.25) is 4.79 Å². The van der Waals surface area contributed by atoms with Crippen molar-refractivity contribution in [2.24, 2.45) is 5.92 Å². The van der Waals surface area contributed by atoms with Crippen LogP contribution in [0.5, 0.6) is 11.5 Å². The molecule has 0 heterocycles. The highest BCUT2D eigenvalue weighted by atomic mass is 16.5. The summed E-state index contributed by atoms with van der Waals surface area (Å²) in [5.41, 5.74) is 1.30. The molecule has 1 aliphatic rings. The molecule has 0 saturated carbocycles. The van der Waals surface area contributed by atoms with Gasteiger partial charge in [0.1, 0.15) is 11.5 Å². The van der Waals surface area contributed by atoms with Crippen LogP contribution in [-0.4, -0.2) is 30.1 Å². The monoisotopic (exact) mass is 292 g/mol. The van der Waals surface area contributed by atoms with Crippen LogP contribution in [0.2, 0.25) is 0 Å². The number of ketones is 1. The lowest BCUT2D eigenvalue weighted by atomic mass is 9.89. The number of carbonyl (C=O) groups is 2. The van der Waals surface area contributed by atoms with Gasteiger partial charge < -0.3 is 14.6 Å². The third kappa shape index (κ3) is 3.01. The molecule has 0 aliphatic heterocycles. The maximum Gasteiger partial charge on any atom is 0.345 e. The first-order chi connectivity index (χ1) is 9.95. The van der Waals surface area contributed by atoms with Gasteiger partial charge in [-0.15, -0.1) is 0 Å². The minimum Gasteiger partial charge on any atom is -0.496 e. The molecular weight excluding hydrogens is 272 g/mol. The molecule has 1 N–H and O–H groups in total. The fourth-order valence-electron chi connectivity index (χ4n) is 2.61. The topological polar surface area (TPSA) is 72.8 Å². The van der Waals surface area contributed by atoms with Crippen molar-refractivity contribution in [1.29, 1.82) is 0 Å². The lowest BCUT2D eigenvalue weighted by Gasteiger charge is -2.24. The fourth-order valence-corrected chi connectivity index (χ4v) is 2.61. The molecule has 0 bridgehead atoms. The number of aliphatic carboxylic acids is 1. The molecule has 0 fully saturated rings. The second kappa shape index (κ2) is 6.16. The number of methoxy groups -OCH3 is 1. The van der Waals surface area contributed by atoms with E-state index >= 15 is 0 Å². The molecule has 0 aromatic heterocycles. The first kappa shape index (κ1) is 15.4. The standard InChI is InChI=1S/C16H20O5/c1-9(2)15(16(18)19)21-13-8-7-12(20-3)10-5-4-6-11(17)14(10)13/h7-9,15H,4-6H2,1-3H3,(H,18,19)/t15-/m1/s1. The molecule has 1 aliphatic carbocycles. The van der Waals surface area contributed by atoms with Gasteiger partial charge in [0, 0.05) is 17.9 Å². The summed E-state index contributed by atoms with van der Waals surface area (Å²) in [5.74, 6) is -0.242. The lowest BCUT2D eigenvalue weighted by Crippen LogP contribution is -2.33. The van der Waals surface area contributed by atoms with Crippen molar-refractivity contribution in [2.75, 3.05) is 7.11 Å². The van der Waals surface area contributed by atoms with Crippen molar-refractivity contribution in [3.63, 3.8) is 0 Å². The van der Waals surface area contributed by atoms with Gasteiger partial charge in [-0.05, 0) is 25.0 Å². The smallest absolute Gasteiger partial charge is 0.345 e. The fraction of sp³-hybridized carbons (Fsp3) is 0.500. The lowest BCUT2D eigenvalue weighted by molar-refractivity contribution is -0.147. The maximum atomic E-state index is 12.2. The van der Waals surface area contributed by atoms with Gasteiger partial charge in [-0.2, -0.15) is 0 Å². The zero-order valence-electron chi connectivity index (χ0n) is 12.5. The summed E-state index contributed by atoms with van der Waals surface area (Å²) < 4.78 is 10.9. The number of ether oxygens (including phenoxy) is 2. The largest absolute Gasteiger partial charge is 0.496 e. The van der Waals surface area contributed by atoms with Crippen LogP contribution in [0.3, 0.4) is 0 Å². The van der Waals surface area contributed by atoms with Crippen molar-refractivity contribution < 1.29 is 24.2 Å². The van der Waals surface area contributed by atoms with Crippen molar-refractivity contribution in [3.05, 3.63) is 23.3 Å². The Morgan fingerprint density at radius 1 is 1.24 bits per heavy atom. The van der Waals surface area contributed by atoms with E-state index in [4.69, 9.17) is 9.47 Å². The van der Waals surface area contributed by atoms with Gasteiger partial charge in [-0.1, -0.05) is 13.8 Å². The number of carboxylic acids is 1. The van der Waals surface area contributed by atoms with Crippen LogP contribution in [0, 0.1) is 5.92 Å². The summed E-state index contributed by atoms with van der Waals surface area (Å²) in [6.45, 7) is 3.55. The molecule has 5 nitrogen and oxygen atoms in total. The molecule has 5 heteroatoms. The summed E-state index contributed by atoms with van der Waals surface area (Å²) in [6, 6.07) is 3.35. The molecule has 0 spiro atoms. The quantitative estimate of drug-likeness (QED) is 0.903. The number of rotatable bonds is 5. The van der Waals surface area contributed by atoms with Crippen LogP contribution in [0.25, 0.3) is 0 Å². The van der Waals surface area contributed by atoms with Gasteiger partial charge >= 0.3 is 5.97 Å². The van der Waals surface area contributed by atoms with E-state index in [1.54, 1.807) is 33.1 Å². The van der Waals surface area contributed by atoms with E-state index in [2.05, 4.69) is 0 Å². The average molecular weight is 292 g/mol. The highest BCUT2D eigenvalue weighted by Gasteiger charge is 2.29. The number of Topliss-reactive ketones (excluding diaryl/α,β-unsaturated/α-hetero) is 1. The van der Waals surface area contributed by atoms with E-state index in [9.17, 15) is 14.7 Å². The second-order valence-corrected chi connectivity index (χ2v) is 5.52. The number of carboxylic acid groups (broad SMARTS) is 1. The molecule has 1 aromatic rings. The normalized spacial score (nSPS) is 15.5. The van der Waals surface area contributed by atoms with Crippen LogP contribution in [0.4, 0.5) is 0 Å². The van der Waals surface area contributed by atoms with Crippen molar-refractivity contribution in [3.8, 4) is 11.5 Å². The highest BCUT2D eigenvalue weighted by Crippen LogP contribution is 2.36. The Balaban J connectivity index is 2.45. The summed E-state index contributed by atoms with van der Waals surface area (Å²) >= 11 is 0. The third-order valence-electron chi connectivity index (χ3n) is 3.66. The van der Waals surface area contributed by atoms with Gasteiger partial charge in [0.05, 0.1) is 12.7 Å². The molecule has 2 rings (SSSR count). The van der Waals surface area contributed by atoms with Gasteiger partial charge in [-0.25, -0.2) is 4.79 Å². The molecular formula is C16H20O5. The Hall–Kier alpha value is -2.04. The van der Waals surface area contributed by atoms with Crippen LogP contribution in [-0.2, 0) is 11.2 Å². The van der Waals surface area contributed by atoms with Gasteiger partial charge in [0.15, 0.2) is 11.9 Å².